The van der Waals surface area contributed by atoms with E-state index < -0.39 is 0 Å². The van der Waals surface area contributed by atoms with Crippen molar-refractivity contribution >= 4 is 80.3 Å². The Hall–Kier alpha value is -6.54. The van der Waals surface area contributed by atoms with Gasteiger partial charge in [0.25, 0.3) is 5.71 Å². The average Bonchev–Trinajstić information content (AvgIpc) is 3.78. The molecule has 0 spiro atoms. The second kappa shape index (κ2) is 18.7. The normalized spacial score (nSPS) is 11.1. The number of anilines is 4. The van der Waals surface area contributed by atoms with E-state index in [1.54, 1.807) is 74.4 Å². The van der Waals surface area contributed by atoms with E-state index in [-0.39, 0.29) is 0 Å². The van der Waals surface area contributed by atoms with Gasteiger partial charge in [0.15, 0.2) is 34.0 Å². The van der Waals surface area contributed by atoms with Crippen molar-refractivity contribution in [2.75, 3.05) is 16.8 Å². The molecule has 16 heteroatoms. The number of nitrogens with zero attached hydrogens (tertiary/aromatic N) is 9. The number of aliphatic imine (C=N–C) groups is 1. The summed E-state index contributed by atoms with van der Waals surface area (Å²) in [6, 6.07) is 25.5. The lowest BCUT2D eigenvalue weighted by Crippen LogP contribution is -1.99. The molecule has 0 bridgehead atoms. The van der Waals surface area contributed by atoms with E-state index in [2.05, 4.69) is 50.2 Å². The van der Waals surface area contributed by atoms with Crippen LogP contribution in [0.1, 0.15) is 18.5 Å². The highest BCUT2D eigenvalue weighted by Crippen LogP contribution is 2.34. The van der Waals surface area contributed by atoms with Crippen molar-refractivity contribution in [3.63, 3.8) is 0 Å². The molecule has 0 unspecified atom stereocenters. The monoisotopic (exact) mass is 802 g/mol. The van der Waals surface area contributed by atoms with Crippen LogP contribution in [-0.4, -0.2) is 45.6 Å². The zero-order valence-electron chi connectivity index (χ0n) is 30.0. The standard InChI is InChI=1S/C17H12ClN5O.C13H9Cl2N3.2C5H6N2/c1-10-20-14-16(21-13-5-7-19-8-6-13)22-15(23-17(14)24-10)11-3-2-4-12(18)9-11;1-7-5-10-11(16-7)12(15)18-13(17-10)8-3-2-4-9(14)6-8;2*6-5-1-3-7-4-2-5/h2-9H,1H3,(H,19,21,22,23);2-4,6H,5H2,1H3;2*1-4H,(H2,6,7). The van der Waals surface area contributed by atoms with E-state index >= 15 is 0 Å². The molecule has 6 aromatic heterocycles. The van der Waals surface area contributed by atoms with Gasteiger partial charge in [0.1, 0.15) is 5.69 Å². The summed E-state index contributed by atoms with van der Waals surface area (Å²) in [6.45, 7) is 3.73. The van der Waals surface area contributed by atoms with E-state index in [1.165, 1.54) is 0 Å². The van der Waals surface area contributed by atoms with Gasteiger partial charge in [-0.1, -0.05) is 59.1 Å². The molecule has 9 rings (SSSR count). The molecule has 7 heterocycles. The van der Waals surface area contributed by atoms with Gasteiger partial charge in [-0.2, -0.15) is 4.98 Å². The summed E-state index contributed by atoms with van der Waals surface area (Å²) in [4.78, 5) is 38.1. The highest BCUT2D eigenvalue weighted by Gasteiger charge is 2.19. The third kappa shape index (κ3) is 10.8. The summed E-state index contributed by atoms with van der Waals surface area (Å²) in [5.41, 5.74) is 18.2. The van der Waals surface area contributed by atoms with Crippen LogP contribution < -0.4 is 16.8 Å². The number of nitrogens with one attached hydrogen (secondary N) is 1. The molecule has 2 aromatic carbocycles. The minimum absolute atomic E-state index is 0.395. The summed E-state index contributed by atoms with van der Waals surface area (Å²) in [5, 5.41) is 4.91. The summed E-state index contributed by atoms with van der Waals surface area (Å²) in [7, 11) is 0. The number of rotatable bonds is 4. The molecule has 1 aliphatic heterocycles. The average molecular weight is 804 g/mol. The van der Waals surface area contributed by atoms with Crippen LogP contribution >= 0.6 is 34.8 Å². The van der Waals surface area contributed by atoms with Gasteiger partial charge in [0, 0.05) is 94.5 Å². The molecular weight excluding hydrogens is 771 g/mol. The Balaban J connectivity index is 0.000000144. The number of aryl methyl sites for hydroxylation is 1. The number of nitrogens with two attached hydrogens (primary N) is 2. The minimum Gasteiger partial charge on any atom is -0.422 e. The molecule has 280 valence electrons. The lowest BCUT2D eigenvalue weighted by molar-refractivity contribution is 0.551. The number of benzene rings is 2. The predicted molar refractivity (Wildman–Crippen MR) is 224 cm³/mol. The maximum atomic E-state index is 6.14. The molecule has 1 aliphatic rings. The number of aromatic nitrogens is 8. The van der Waals surface area contributed by atoms with Crippen LogP contribution in [0.25, 0.3) is 34.0 Å². The van der Waals surface area contributed by atoms with Crippen molar-refractivity contribution < 1.29 is 4.42 Å². The van der Waals surface area contributed by atoms with E-state index in [0.717, 1.165) is 46.0 Å². The maximum absolute atomic E-state index is 6.14. The van der Waals surface area contributed by atoms with Crippen LogP contribution in [0.5, 0.6) is 0 Å². The number of pyridine rings is 3. The first-order chi connectivity index (χ1) is 27.1. The quantitative estimate of drug-likeness (QED) is 0.143. The van der Waals surface area contributed by atoms with Crippen LogP contribution in [0.4, 0.5) is 28.6 Å². The van der Waals surface area contributed by atoms with Crippen LogP contribution in [0.15, 0.2) is 132 Å². The second-order valence-electron chi connectivity index (χ2n) is 11.9. The molecule has 0 saturated carbocycles. The van der Waals surface area contributed by atoms with Gasteiger partial charge in [0.05, 0.1) is 5.69 Å². The zero-order chi connectivity index (χ0) is 39.4. The van der Waals surface area contributed by atoms with Gasteiger partial charge in [-0.15, -0.1) is 0 Å². The molecular formula is C40H33Cl3N12O. The molecule has 0 aliphatic carbocycles. The summed E-state index contributed by atoms with van der Waals surface area (Å²) < 4.78 is 5.59. The lowest BCUT2D eigenvalue weighted by Gasteiger charge is -2.07. The number of nitrogen functional groups attached to an aromatic ring is 2. The molecule has 5 N–H and O–H groups in total. The minimum atomic E-state index is 0.395. The number of hydrogen-bond acceptors (Lipinski definition) is 13. The lowest BCUT2D eigenvalue weighted by atomic mass is 10.2. The van der Waals surface area contributed by atoms with Gasteiger partial charge >= 0.3 is 0 Å². The van der Waals surface area contributed by atoms with E-state index in [0.29, 0.717) is 55.5 Å². The van der Waals surface area contributed by atoms with Gasteiger partial charge in [-0.25, -0.2) is 19.9 Å². The Labute approximate surface area is 337 Å². The summed E-state index contributed by atoms with van der Waals surface area (Å²) in [5.74, 6) is 2.20. The Morgan fingerprint density at radius 2 is 1.16 bits per heavy atom. The van der Waals surface area contributed by atoms with Crippen molar-refractivity contribution in [3.8, 4) is 22.8 Å². The third-order valence-electron chi connectivity index (χ3n) is 7.53. The van der Waals surface area contributed by atoms with Gasteiger partial charge in [-0.3, -0.25) is 19.9 Å². The van der Waals surface area contributed by atoms with Crippen molar-refractivity contribution in [3.05, 3.63) is 149 Å². The Morgan fingerprint density at radius 1 is 0.625 bits per heavy atom. The Kier molecular flexibility index (Phi) is 13.1. The van der Waals surface area contributed by atoms with Gasteiger partial charge < -0.3 is 21.2 Å². The first-order valence-corrected chi connectivity index (χ1v) is 18.0. The number of halogens is 3. The van der Waals surface area contributed by atoms with Crippen molar-refractivity contribution in [1.82, 2.24) is 39.9 Å². The molecule has 0 saturated heterocycles. The van der Waals surface area contributed by atoms with Crippen LogP contribution in [0.3, 0.4) is 0 Å². The predicted octanol–water partition coefficient (Wildman–Crippen LogP) is 9.81. The first kappa shape index (κ1) is 39.2. The fourth-order valence-corrected chi connectivity index (χ4v) is 5.62. The van der Waals surface area contributed by atoms with Crippen LogP contribution in [0, 0.1) is 6.92 Å². The van der Waals surface area contributed by atoms with Gasteiger partial charge in [0.2, 0.25) is 0 Å². The Bertz CT molecular complexity index is 2540. The Morgan fingerprint density at radius 3 is 1.68 bits per heavy atom. The number of oxazole rings is 1. The summed E-state index contributed by atoms with van der Waals surface area (Å²) in [6.07, 6.45) is 10.8. The van der Waals surface area contributed by atoms with Crippen LogP contribution in [0.2, 0.25) is 15.2 Å². The smallest absolute Gasteiger partial charge is 0.252 e. The summed E-state index contributed by atoms with van der Waals surface area (Å²) >= 11 is 18.2. The van der Waals surface area contributed by atoms with Gasteiger partial charge in [-0.05, 0) is 67.6 Å². The highest BCUT2D eigenvalue weighted by molar-refractivity contribution is 6.32. The first-order valence-electron chi connectivity index (χ1n) is 16.9. The highest BCUT2D eigenvalue weighted by atomic mass is 35.5. The third-order valence-corrected chi connectivity index (χ3v) is 8.26. The van der Waals surface area contributed by atoms with Crippen molar-refractivity contribution in [2.24, 2.45) is 4.99 Å². The topological polar surface area (TPSA) is 193 Å². The van der Waals surface area contributed by atoms with Crippen molar-refractivity contribution in [2.45, 2.75) is 20.3 Å². The fraction of sp³-hybridized carbons (Fsp3) is 0.0750. The fourth-order valence-electron chi connectivity index (χ4n) is 5.00. The van der Waals surface area contributed by atoms with E-state index in [4.69, 9.17) is 50.7 Å². The molecule has 56 heavy (non-hydrogen) atoms. The number of fused-ring (bicyclic) bond motifs is 2. The van der Waals surface area contributed by atoms with Crippen molar-refractivity contribution in [1.29, 1.82) is 0 Å². The number of hydrogen-bond donors (Lipinski definition) is 3. The molecule has 13 nitrogen and oxygen atoms in total. The molecule has 0 fully saturated rings. The SMILES string of the molecule is CC1=Nc2c(Cl)nc(-c3cccc(Cl)c3)nc2C1.Cc1nc2c(Nc3ccncc3)nc(-c3cccc(Cl)c3)nc2o1.Nc1ccncc1.Nc1ccncc1. The molecule has 8 aromatic rings. The van der Waals surface area contributed by atoms with E-state index in [9.17, 15) is 0 Å². The zero-order valence-corrected chi connectivity index (χ0v) is 32.2. The maximum Gasteiger partial charge on any atom is 0.252 e. The van der Waals surface area contributed by atoms with Crippen LogP contribution in [-0.2, 0) is 6.42 Å². The largest absolute Gasteiger partial charge is 0.422 e. The molecule has 0 atom stereocenters. The molecule has 0 amide bonds. The molecule has 0 radical (unpaired) electrons. The van der Waals surface area contributed by atoms with E-state index in [1.807, 2.05) is 61.5 Å². The second-order valence-corrected chi connectivity index (χ2v) is 13.1.